The molecule has 0 aliphatic heterocycles. The van der Waals surface area contributed by atoms with Crippen LogP contribution in [0.15, 0.2) is 30.3 Å². The quantitative estimate of drug-likeness (QED) is 0.681. The molecule has 5 nitrogen and oxygen atoms in total. The van der Waals surface area contributed by atoms with Gasteiger partial charge in [0.15, 0.2) is 0 Å². The summed E-state index contributed by atoms with van der Waals surface area (Å²) in [6.45, 7) is 3.69. The summed E-state index contributed by atoms with van der Waals surface area (Å²) in [5.41, 5.74) is 0.873. The van der Waals surface area contributed by atoms with Crippen molar-refractivity contribution in [1.29, 1.82) is 0 Å². The number of carboxylic acid groups (broad SMARTS) is 1. The van der Waals surface area contributed by atoms with E-state index in [1.54, 1.807) is 0 Å². The highest BCUT2D eigenvalue weighted by Crippen LogP contribution is 2.27. The number of nitrogens with one attached hydrogen (secondary N) is 1. The van der Waals surface area contributed by atoms with Gasteiger partial charge in [-0.1, -0.05) is 50.6 Å². The number of rotatable bonds is 8. The maximum Gasteiger partial charge on any atom is 0.326 e. The predicted octanol–water partition coefficient (Wildman–Crippen LogP) is 1.77. The Kier molecular flexibility index (Phi) is 6.88. The van der Waals surface area contributed by atoms with Crippen LogP contribution < -0.4 is 5.32 Å². The number of aliphatic hydroxyl groups is 1. The Labute approximate surface area is 125 Å². The summed E-state index contributed by atoms with van der Waals surface area (Å²) in [5.74, 6) is -1.74. The van der Waals surface area contributed by atoms with E-state index in [1.165, 1.54) is 0 Å². The van der Waals surface area contributed by atoms with Crippen LogP contribution in [0.5, 0.6) is 0 Å². The van der Waals surface area contributed by atoms with Crippen LogP contribution in [0.4, 0.5) is 0 Å². The van der Waals surface area contributed by atoms with Crippen molar-refractivity contribution >= 4 is 11.9 Å². The van der Waals surface area contributed by atoms with Crippen LogP contribution in [-0.4, -0.2) is 34.7 Å². The van der Waals surface area contributed by atoms with E-state index in [2.05, 4.69) is 5.32 Å². The zero-order valence-corrected chi connectivity index (χ0v) is 12.5. The summed E-state index contributed by atoms with van der Waals surface area (Å²) >= 11 is 0. The minimum Gasteiger partial charge on any atom is -0.480 e. The second-order valence-corrected chi connectivity index (χ2v) is 5.19. The van der Waals surface area contributed by atoms with Gasteiger partial charge in [-0.25, -0.2) is 4.79 Å². The van der Waals surface area contributed by atoms with E-state index < -0.39 is 17.9 Å². The molecule has 0 saturated carbocycles. The van der Waals surface area contributed by atoms with Crippen molar-refractivity contribution in [3.05, 3.63) is 35.9 Å². The summed E-state index contributed by atoms with van der Waals surface area (Å²) in [5, 5.41) is 20.5. The van der Waals surface area contributed by atoms with Crippen LogP contribution in [0.3, 0.4) is 0 Å². The predicted molar refractivity (Wildman–Crippen MR) is 79.9 cm³/mol. The van der Waals surface area contributed by atoms with Gasteiger partial charge in [0.1, 0.15) is 6.04 Å². The first-order chi connectivity index (χ1) is 10.0. The van der Waals surface area contributed by atoms with E-state index in [-0.39, 0.29) is 24.9 Å². The zero-order chi connectivity index (χ0) is 15.8. The van der Waals surface area contributed by atoms with Gasteiger partial charge in [-0.05, 0) is 11.5 Å². The molecule has 1 aromatic rings. The molecule has 21 heavy (non-hydrogen) atoms. The Balaban J connectivity index is 2.93. The van der Waals surface area contributed by atoms with E-state index in [0.717, 1.165) is 12.0 Å². The highest BCUT2D eigenvalue weighted by atomic mass is 16.4. The first-order valence-electron chi connectivity index (χ1n) is 7.20. The van der Waals surface area contributed by atoms with Crippen LogP contribution in [0.25, 0.3) is 0 Å². The maximum absolute atomic E-state index is 12.5. The summed E-state index contributed by atoms with van der Waals surface area (Å²) in [6, 6.07) is 8.29. The molecule has 3 atom stereocenters. The molecular weight excluding hydrogens is 270 g/mol. The lowest BCUT2D eigenvalue weighted by Crippen LogP contribution is -2.44. The lowest BCUT2D eigenvalue weighted by Gasteiger charge is -2.24. The van der Waals surface area contributed by atoms with E-state index >= 15 is 0 Å². The number of amides is 1. The molecule has 0 aliphatic rings. The van der Waals surface area contributed by atoms with Crippen LogP contribution in [0, 0.1) is 5.92 Å². The third-order valence-corrected chi connectivity index (χ3v) is 3.69. The standard InChI is InChI=1S/C16H23NO4/c1-3-11(2)14(12-7-5-4-6-8-12)15(19)17-13(9-10-18)16(20)21/h4-8,11,13-14,18H,3,9-10H2,1-2H3,(H,17,19)(H,20,21)/t11?,13-,14?/m0/s1. The van der Waals surface area contributed by atoms with E-state index in [1.807, 2.05) is 44.2 Å². The third kappa shape index (κ3) is 4.86. The minimum absolute atomic E-state index is 0.00306. The number of hydrogen-bond donors (Lipinski definition) is 3. The highest BCUT2D eigenvalue weighted by Gasteiger charge is 2.29. The fourth-order valence-corrected chi connectivity index (χ4v) is 2.28. The molecule has 0 heterocycles. The van der Waals surface area contributed by atoms with Crippen molar-refractivity contribution in [1.82, 2.24) is 5.32 Å². The molecule has 1 aromatic carbocycles. The van der Waals surface area contributed by atoms with Crippen molar-refractivity contribution in [2.45, 2.75) is 38.6 Å². The van der Waals surface area contributed by atoms with E-state index in [9.17, 15) is 9.59 Å². The second kappa shape index (κ2) is 8.42. The number of benzene rings is 1. The summed E-state index contributed by atoms with van der Waals surface area (Å²) < 4.78 is 0. The molecule has 0 aliphatic carbocycles. The van der Waals surface area contributed by atoms with Gasteiger partial charge < -0.3 is 15.5 Å². The molecular formula is C16H23NO4. The van der Waals surface area contributed by atoms with Crippen molar-refractivity contribution in [3.8, 4) is 0 Å². The highest BCUT2D eigenvalue weighted by molar-refractivity contribution is 5.88. The lowest BCUT2D eigenvalue weighted by atomic mass is 9.84. The Morgan fingerprint density at radius 3 is 2.33 bits per heavy atom. The molecule has 116 valence electrons. The van der Waals surface area contributed by atoms with Gasteiger partial charge in [-0.15, -0.1) is 0 Å². The topological polar surface area (TPSA) is 86.6 Å². The molecule has 0 aromatic heterocycles. The smallest absolute Gasteiger partial charge is 0.326 e. The molecule has 2 unspecified atom stereocenters. The van der Waals surface area contributed by atoms with Gasteiger partial charge in [-0.3, -0.25) is 4.79 Å². The largest absolute Gasteiger partial charge is 0.480 e. The third-order valence-electron chi connectivity index (χ3n) is 3.69. The summed E-state index contributed by atoms with van der Waals surface area (Å²) in [7, 11) is 0. The SMILES string of the molecule is CCC(C)C(C(=O)N[C@@H](CCO)C(=O)O)c1ccccc1. The molecule has 3 N–H and O–H groups in total. The van der Waals surface area contributed by atoms with Crippen molar-refractivity contribution < 1.29 is 19.8 Å². The summed E-state index contributed by atoms with van der Waals surface area (Å²) in [6.07, 6.45) is 0.813. The molecule has 1 amide bonds. The molecule has 0 fully saturated rings. The van der Waals surface area contributed by atoms with Crippen LogP contribution in [-0.2, 0) is 9.59 Å². The van der Waals surface area contributed by atoms with Crippen molar-refractivity contribution in [3.63, 3.8) is 0 Å². The van der Waals surface area contributed by atoms with Crippen molar-refractivity contribution in [2.24, 2.45) is 5.92 Å². The molecule has 1 rings (SSSR count). The Morgan fingerprint density at radius 2 is 1.86 bits per heavy atom. The fourth-order valence-electron chi connectivity index (χ4n) is 2.28. The number of hydrogen-bond acceptors (Lipinski definition) is 3. The average molecular weight is 293 g/mol. The number of aliphatic hydroxyl groups excluding tert-OH is 1. The second-order valence-electron chi connectivity index (χ2n) is 5.19. The van der Waals surface area contributed by atoms with Gasteiger partial charge in [-0.2, -0.15) is 0 Å². The first-order valence-corrected chi connectivity index (χ1v) is 7.20. The molecule has 0 bridgehead atoms. The van der Waals surface area contributed by atoms with Crippen LogP contribution >= 0.6 is 0 Å². The number of carbonyl (C=O) groups excluding carboxylic acids is 1. The Hall–Kier alpha value is -1.88. The van der Waals surface area contributed by atoms with Crippen LogP contribution in [0.1, 0.15) is 38.2 Å². The molecule has 5 heteroatoms. The van der Waals surface area contributed by atoms with E-state index in [0.29, 0.717) is 0 Å². The van der Waals surface area contributed by atoms with Crippen LogP contribution in [0.2, 0.25) is 0 Å². The van der Waals surface area contributed by atoms with Gasteiger partial charge in [0.2, 0.25) is 5.91 Å². The monoisotopic (exact) mass is 293 g/mol. The van der Waals surface area contributed by atoms with Crippen molar-refractivity contribution in [2.75, 3.05) is 6.61 Å². The number of aliphatic carboxylic acids is 1. The zero-order valence-electron chi connectivity index (χ0n) is 12.5. The minimum atomic E-state index is -1.13. The van der Waals surface area contributed by atoms with E-state index in [4.69, 9.17) is 10.2 Å². The molecule has 0 saturated heterocycles. The van der Waals surface area contributed by atoms with Gasteiger partial charge in [0.25, 0.3) is 0 Å². The maximum atomic E-state index is 12.5. The number of carbonyl (C=O) groups is 2. The van der Waals surface area contributed by atoms with Gasteiger partial charge in [0, 0.05) is 13.0 Å². The molecule has 0 spiro atoms. The lowest BCUT2D eigenvalue weighted by molar-refractivity contribution is -0.142. The Bertz CT molecular complexity index is 461. The fraction of sp³-hybridized carbons (Fsp3) is 0.500. The average Bonchev–Trinajstić information content (AvgIpc) is 2.47. The van der Waals surface area contributed by atoms with Gasteiger partial charge in [0.05, 0.1) is 5.92 Å². The normalized spacial score (nSPS) is 15.0. The Morgan fingerprint density at radius 1 is 1.24 bits per heavy atom. The molecule has 0 radical (unpaired) electrons. The first kappa shape index (κ1) is 17.2. The van der Waals surface area contributed by atoms with Gasteiger partial charge >= 0.3 is 5.97 Å². The summed E-state index contributed by atoms with van der Waals surface area (Å²) in [4.78, 5) is 23.6. The number of carboxylic acids is 1.